The van der Waals surface area contributed by atoms with E-state index >= 15 is 0 Å². The van der Waals surface area contributed by atoms with Crippen LogP contribution in [-0.4, -0.2) is 25.3 Å². The van der Waals surface area contributed by atoms with Gasteiger partial charge in [-0.25, -0.2) is 0 Å². The Balaban J connectivity index is 3.10. The fraction of sp³-hybridized carbons (Fsp3) is 0.357. The SMILES string of the molecule is CCCCN(CC(N)=O)c1ccc(C=O)cc1C#N. The summed E-state index contributed by atoms with van der Waals surface area (Å²) >= 11 is 0. The van der Waals surface area contributed by atoms with Crippen molar-refractivity contribution in [3.8, 4) is 6.07 Å². The van der Waals surface area contributed by atoms with Crippen LogP contribution in [0, 0.1) is 11.3 Å². The largest absolute Gasteiger partial charge is 0.368 e. The van der Waals surface area contributed by atoms with E-state index in [1.165, 1.54) is 6.07 Å². The molecule has 1 rings (SSSR count). The first-order valence-corrected chi connectivity index (χ1v) is 6.15. The summed E-state index contributed by atoms with van der Waals surface area (Å²) in [7, 11) is 0. The highest BCUT2D eigenvalue weighted by molar-refractivity contribution is 5.82. The standard InChI is InChI=1S/C14H17N3O2/c1-2-3-6-17(9-14(16)19)13-5-4-11(10-18)7-12(13)8-15/h4-5,7,10H,2-3,6,9H2,1H3,(H2,16,19). The van der Waals surface area contributed by atoms with Crippen LogP contribution in [0.25, 0.3) is 0 Å². The van der Waals surface area contributed by atoms with Crippen LogP contribution in [0.1, 0.15) is 35.7 Å². The van der Waals surface area contributed by atoms with Crippen molar-refractivity contribution in [2.75, 3.05) is 18.0 Å². The number of nitrogens with zero attached hydrogens (tertiary/aromatic N) is 2. The third-order valence-electron chi connectivity index (χ3n) is 2.75. The van der Waals surface area contributed by atoms with E-state index < -0.39 is 5.91 Å². The number of carbonyl (C=O) groups excluding carboxylic acids is 2. The topological polar surface area (TPSA) is 87.2 Å². The lowest BCUT2D eigenvalue weighted by molar-refractivity contribution is -0.116. The minimum absolute atomic E-state index is 0.0646. The number of carbonyl (C=O) groups is 2. The highest BCUT2D eigenvalue weighted by Crippen LogP contribution is 2.21. The Morgan fingerprint density at radius 2 is 2.26 bits per heavy atom. The number of primary amides is 1. The number of benzene rings is 1. The maximum Gasteiger partial charge on any atom is 0.236 e. The zero-order chi connectivity index (χ0) is 14.3. The fourth-order valence-electron chi connectivity index (χ4n) is 1.81. The lowest BCUT2D eigenvalue weighted by Gasteiger charge is -2.24. The van der Waals surface area contributed by atoms with E-state index in [1.54, 1.807) is 17.0 Å². The molecule has 0 heterocycles. The second-order valence-corrected chi connectivity index (χ2v) is 4.25. The van der Waals surface area contributed by atoms with Gasteiger partial charge in [0.15, 0.2) is 0 Å². The molecule has 2 N–H and O–H groups in total. The van der Waals surface area contributed by atoms with Gasteiger partial charge in [-0.2, -0.15) is 5.26 Å². The molecule has 1 aromatic rings. The Morgan fingerprint density at radius 3 is 2.79 bits per heavy atom. The van der Waals surface area contributed by atoms with Crippen LogP contribution in [0.3, 0.4) is 0 Å². The minimum atomic E-state index is -0.445. The van der Waals surface area contributed by atoms with Crippen LogP contribution in [-0.2, 0) is 4.79 Å². The number of anilines is 1. The van der Waals surface area contributed by atoms with Crippen molar-refractivity contribution in [3.63, 3.8) is 0 Å². The van der Waals surface area contributed by atoms with E-state index in [0.29, 0.717) is 29.6 Å². The van der Waals surface area contributed by atoms with Crippen LogP contribution >= 0.6 is 0 Å². The van der Waals surface area contributed by atoms with Crippen LogP contribution < -0.4 is 10.6 Å². The number of unbranched alkanes of at least 4 members (excludes halogenated alkanes) is 1. The van der Waals surface area contributed by atoms with Crippen LogP contribution in [0.4, 0.5) is 5.69 Å². The van der Waals surface area contributed by atoms with Crippen LogP contribution in [0.15, 0.2) is 18.2 Å². The lowest BCUT2D eigenvalue weighted by Crippen LogP contribution is -2.35. The van der Waals surface area contributed by atoms with Crippen LogP contribution in [0.5, 0.6) is 0 Å². The Kier molecular flexibility index (Phi) is 5.55. The molecule has 100 valence electrons. The second-order valence-electron chi connectivity index (χ2n) is 4.25. The molecular weight excluding hydrogens is 242 g/mol. The molecule has 0 fully saturated rings. The van der Waals surface area contributed by atoms with E-state index in [1.807, 2.05) is 13.0 Å². The molecule has 0 unspecified atom stereocenters. The summed E-state index contributed by atoms with van der Waals surface area (Å²) in [6.45, 7) is 2.76. The van der Waals surface area contributed by atoms with E-state index in [2.05, 4.69) is 0 Å². The Labute approximate surface area is 112 Å². The zero-order valence-corrected chi connectivity index (χ0v) is 10.9. The number of amides is 1. The molecule has 5 nitrogen and oxygen atoms in total. The summed E-state index contributed by atoms with van der Waals surface area (Å²) in [5.41, 5.74) is 6.69. The number of nitriles is 1. The predicted molar refractivity (Wildman–Crippen MR) is 72.9 cm³/mol. The fourth-order valence-corrected chi connectivity index (χ4v) is 1.81. The number of aldehydes is 1. The Bertz CT molecular complexity index is 506. The van der Waals surface area contributed by atoms with Gasteiger partial charge in [0.2, 0.25) is 5.91 Å². The lowest BCUT2D eigenvalue weighted by atomic mass is 10.1. The number of nitrogens with two attached hydrogens (primary N) is 1. The number of rotatable bonds is 7. The molecule has 0 spiro atoms. The number of hydrogen-bond donors (Lipinski definition) is 1. The third kappa shape index (κ3) is 4.11. The van der Waals surface area contributed by atoms with Gasteiger partial charge in [-0.3, -0.25) is 9.59 Å². The molecule has 0 aliphatic heterocycles. The van der Waals surface area contributed by atoms with Crippen molar-refractivity contribution in [1.82, 2.24) is 0 Å². The Hall–Kier alpha value is -2.35. The molecule has 19 heavy (non-hydrogen) atoms. The highest BCUT2D eigenvalue weighted by Gasteiger charge is 2.13. The highest BCUT2D eigenvalue weighted by atomic mass is 16.1. The summed E-state index contributed by atoms with van der Waals surface area (Å²) in [5.74, 6) is -0.445. The quantitative estimate of drug-likeness (QED) is 0.751. The van der Waals surface area contributed by atoms with Gasteiger partial charge < -0.3 is 10.6 Å². The van der Waals surface area contributed by atoms with Gasteiger partial charge in [-0.15, -0.1) is 0 Å². The van der Waals surface area contributed by atoms with Crippen molar-refractivity contribution in [2.24, 2.45) is 5.73 Å². The Morgan fingerprint density at radius 1 is 1.53 bits per heavy atom. The van der Waals surface area contributed by atoms with Crippen molar-refractivity contribution in [1.29, 1.82) is 5.26 Å². The molecule has 0 saturated heterocycles. The maximum absolute atomic E-state index is 11.1. The molecule has 1 amide bonds. The van der Waals surface area contributed by atoms with Crippen molar-refractivity contribution >= 4 is 17.9 Å². The molecule has 0 bridgehead atoms. The summed E-state index contributed by atoms with van der Waals surface area (Å²) in [4.78, 5) is 23.6. The summed E-state index contributed by atoms with van der Waals surface area (Å²) in [5, 5.41) is 9.14. The normalized spacial score (nSPS) is 9.68. The molecule has 0 radical (unpaired) electrons. The van der Waals surface area contributed by atoms with E-state index in [4.69, 9.17) is 11.0 Å². The van der Waals surface area contributed by atoms with Gasteiger partial charge in [0.25, 0.3) is 0 Å². The average molecular weight is 259 g/mol. The van der Waals surface area contributed by atoms with E-state index in [9.17, 15) is 9.59 Å². The molecule has 5 heteroatoms. The second kappa shape index (κ2) is 7.17. The van der Waals surface area contributed by atoms with Gasteiger partial charge in [0.1, 0.15) is 12.4 Å². The van der Waals surface area contributed by atoms with Crippen molar-refractivity contribution < 1.29 is 9.59 Å². The first kappa shape index (κ1) is 14.7. The zero-order valence-electron chi connectivity index (χ0n) is 10.9. The van der Waals surface area contributed by atoms with Gasteiger partial charge in [0, 0.05) is 12.1 Å². The van der Waals surface area contributed by atoms with E-state index in [-0.39, 0.29) is 6.54 Å². The summed E-state index contributed by atoms with van der Waals surface area (Å²) < 4.78 is 0. The average Bonchev–Trinajstić information content (AvgIpc) is 2.42. The first-order chi connectivity index (χ1) is 9.12. The van der Waals surface area contributed by atoms with Gasteiger partial charge in [-0.05, 0) is 24.6 Å². The van der Waals surface area contributed by atoms with E-state index in [0.717, 1.165) is 12.8 Å². The predicted octanol–water partition coefficient (Wildman–Crippen LogP) is 1.46. The van der Waals surface area contributed by atoms with Crippen LogP contribution in [0.2, 0.25) is 0 Å². The van der Waals surface area contributed by atoms with Crippen molar-refractivity contribution in [3.05, 3.63) is 29.3 Å². The smallest absolute Gasteiger partial charge is 0.236 e. The summed E-state index contributed by atoms with van der Waals surface area (Å²) in [6, 6.07) is 6.87. The first-order valence-electron chi connectivity index (χ1n) is 6.15. The van der Waals surface area contributed by atoms with Gasteiger partial charge >= 0.3 is 0 Å². The molecule has 0 saturated carbocycles. The molecule has 1 aromatic carbocycles. The van der Waals surface area contributed by atoms with Gasteiger partial charge in [-0.1, -0.05) is 13.3 Å². The third-order valence-corrected chi connectivity index (χ3v) is 2.75. The minimum Gasteiger partial charge on any atom is -0.368 e. The van der Waals surface area contributed by atoms with Crippen molar-refractivity contribution in [2.45, 2.75) is 19.8 Å². The molecular formula is C14H17N3O2. The van der Waals surface area contributed by atoms with Gasteiger partial charge in [0.05, 0.1) is 17.8 Å². The molecule has 0 aliphatic carbocycles. The number of hydrogen-bond acceptors (Lipinski definition) is 4. The summed E-state index contributed by atoms with van der Waals surface area (Å²) in [6.07, 6.45) is 2.56. The maximum atomic E-state index is 11.1. The molecule has 0 aliphatic rings. The monoisotopic (exact) mass is 259 g/mol. The molecule has 0 atom stereocenters. The molecule has 0 aromatic heterocycles.